The number of carbonyl (C=O) groups excluding carboxylic acids is 7. The van der Waals surface area contributed by atoms with Gasteiger partial charge in [0.1, 0.15) is 35.7 Å². The van der Waals surface area contributed by atoms with Crippen LogP contribution in [0.2, 0.25) is 0 Å². The van der Waals surface area contributed by atoms with Crippen LogP contribution in [0.15, 0.2) is 36.4 Å². The summed E-state index contributed by atoms with van der Waals surface area (Å²) in [5.41, 5.74) is 0.661. The first-order valence-corrected chi connectivity index (χ1v) is 22.9. The Balaban J connectivity index is 1.59. The summed E-state index contributed by atoms with van der Waals surface area (Å²) in [7, 11) is 2.67. The van der Waals surface area contributed by atoms with Gasteiger partial charge in [0.05, 0.1) is 26.2 Å². The molecule has 7 amide bonds. The molecule has 3 rings (SSSR count). The van der Waals surface area contributed by atoms with E-state index in [0.29, 0.717) is 12.0 Å². The summed E-state index contributed by atoms with van der Waals surface area (Å²) in [5, 5.41) is 53.0. The largest absolute Gasteiger partial charge is 0.507 e. The molecule has 1 heterocycles. The molecule has 1 unspecified atom stereocenters. The Kier molecular flexibility index (Phi) is 22.9. The number of unbranched alkanes of at least 4 members (excludes halogenated alkanes) is 12. The fourth-order valence-electron chi connectivity index (χ4n) is 7.56. The summed E-state index contributed by atoms with van der Waals surface area (Å²) >= 11 is 0. The van der Waals surface area contributed by atoms with Crippen LogP contribution < -0.4 is 26.6 Å². The Hall–Kier alpha value is -6.24. The van der Waals surface area contributed by atoms with Crippen molar-refractivity contribution in [1.82, 2.24) is 36.4 Å². The molecule has 0 spiro atoms. The number of nitrogens with zero attached hydrogens (tertiary/aromatic N) is 2. The van der Waals surface area contributed by atoms with Gasteiger partial charge in [-0.15, -0.1) is 0 Å². The lowest BCUT2D eigenvalue weighted by molar-refractivity contribution is -0.141. The van der Waals surface area contributed by atoms with E-state index in [4.69, 9.17) is 0 Å². The number of carbonyl (C=O) groups is 8. The highest BCUT2D eigenvalue weighted by Crippen LogP contribution is 2.38. The molecule has 364 valence electrons. The summed E-state index contributed by atoms with van der Waals surface area (Å²) < 4.78 is 0. The standard InChI is InChI=1S/C47H69N7O12/c1-5-6-7-8-9-10-11-12-13-14-15-16-17-18-41(60)53(3)36(29-55)45(63)49-26-39(58)48-28-42(61)54(4)43-32-20-22-38(57)34(25-32)33-23-31(19-21-37(33)56)24-35(44(62)51-30(2)47(65)66)52-40(59)27-50-46(43)64/h19-23,25,30,35-36,43,55-57H,5-18,24,26-29H2,1-4H3,(H,48,58)(H,49,63)(H,50,64)(H,51,62)(H,52,59)(H,65,66)/t30-,35-,36+,43?/m0/s1. The van der Waals surface area contributed by atoms with Gasteiger partial charge in [0, 0.05) is 38.1 Å². The number of nitrogens with one attached hydrogen (secondary N) is 5. The molecule has 0 radical (unpaired) electrons. The Morgan fingerprint density at radius 2 is 1.35 bits per heavy atom. The fourth-order valence-corrected chi connectivity index (χ4v) is 7.56. The maximum Gasteiger partial charge on any atom is 0.325 e. The lowest BCUT2D eigenvalue weighted by Crippen LogP contribution is -2.54. The number of aliphatic hydroxyl groups is 1. The van der Waals surface area contributed by atoms with Gasteiger partial charge in [-0.3, -0.25) is 38.4 Å². The molecule has 0 saturated heterocycles. The van der Waals surface area contributed by atoms with Crippen molar-refractivity contribution in [3.05, 3.63) is 47.5 Å². The summed E-state index contributed by atoms with van der Waals surface area (Å²) in [6.45, 7) is 0.830. The van der Waals surface area contributed by atoms with Crippen LogP contribution in [-0.2, 0) is 44.8 Å². The molecule has 2 aromatic carbocycles. The van der Waals surface area contributed by atoms with Crippen LogP contribution in [0.5, 0.6) is 11.5 Å². The molecule has 1 aliphatic heterocycles. The van der Waals surface area contributed by atoms with Crippen molar-refractivity contribution in [3.63, 3.8) is 0 Å². The van der Waals surface area contributed by atoms with Crippen LogP contribution in [0.3, 0.4) is 0 Å². The average Bonchev–Trinajstić information content (AvgIpc) is 3.28. The SMILES string of the molecule is CCCCCCCCCCCCCCCC(=O)N(C)[C@H](CO)C(=O)NCC(=O)NCC(=O)N(C)C1C(=O)NCC(=O)N[C@H](C(=O)N[C@@H](C)C(=O)O)Cc2ccc(O)c(c2)-c2cc1ccc2O. The Bertz CT molecular complexity index is 2000. The molecule has 0 aliphatic carbocycles. The topological polar surface area (TPSA) is 284 Å². The van der Waals surface area contributed by atoms with Crippen LogP contribution in [-0.4, -0.2) is 136 Å². The second-order valence-corrected chi connectivity index (χ2v) is 16.8. The van der Waals surface area contributed by atoms with Crippen LogP contribution in [0.4, 0.5) is 0 Å². The molecule has 0 aromatic heterocycles. The van der Waals surface area contributed by atoms with Crippen LogP contribution in [0.1, 0.15) is 121 Å². The third-order valence-corrected chi connectivity index (χ3v) is 11.7. The van der Waals surface area contributed by atoms with Gasteiger partial charge in [0.2, 0.25) is 41.4 Å². The highest BCUT2D eigenvalue weighted by atomic mass is 16.4. The van der Waals surface area contributed by atoms with Crippen molar-refractivity contribution in [2.45, 2.75) is 134 Å². The average molecular weight is 924 g/mol. The zero-order valence-electron chi connectivity index (χ0n) is 38.7. The van der Waals surface area contributed by atoms with Crippen molar-refractivity contribution in [3.8, 4) is 22.6 Å². The van der Waals surface area contributed by atoms with E-state index < -0.39 is 91.8 Å². The van der Waals surface area contributed by atoms with Crippen molar-refractivity contribution in [2.24, 2.45) is 0 Å². The van der Waals surface area contributed by atoms with E-state index >= 15 is 0 Å². The molecule has 1 aliphatic rings. The molecule has 4 bridgehead atoms. The van der Waals surface area contributed by atoms with Gasteiger partial charge in [0.25, 0.3) is 0 Å². The van der Waals surface area contributed by atoms with Crippen molar-refractivity contribution in [1.29, 1.82) is 0 Å². The van der Waals surface area contributed by atoms with E-state index in [0.717, 1.165) is 29.1 Å². The van der Waals surface area contributed by atoms with E-state index in [2.05, 4.69) is 33.5 Å². The first kappa shape index (κ1) is 54.1. The second kappa shape index (κ2) is 27.9. The number of amides is 7. The molecule has 0 fully saturated rings. The number of likely N-dealkylation sites (N-methyl/N-ethyl adjacent to an activating group) is 2. The monoisotopic (exact) mass is 924 g/mol. The van der Waals surface area contributed by atoms with Crippen molar-refractivity contribution >= 4 is 47.3 Å². The first-order chi connectivity index (χ1) is 31.5. The van der Waals surface area contributed by atoms with Gasteiger partial charge < -0.3 is 56.8 Å². The number of aliphatic carboxylic acids is 1. The molecule has 19 heteroatoms. The molecule has 2 aromatic rings. The lowest BCUT2D eigenvalue weighted by Gasteiger charge is -2.29. The van der Waals surface area contributed by atoms with E-state index in [1.807, 2.05) is 0 Å². The predicted molar refractivity (Wildman–Crippen MR) is 245 cm³/mol. The second-order valence-electron chi connectivity index (χ2n) is 16.8. The highest BCUT2D eigenvalue weighted by Gasteiger charge is 2.32. The van der Waals surface area contributed by atoms with Gasteiger partial charge in [-0.05, 0) is 48.7 Å². The Morgan fingerprint density at radius 3 is 1.94 bits per heavy atom. The van der Waals surface area contributed by atoms with Gasteiger partial charge in [0.15, 0.2) is 0 Å². The molecule has 0 saturated carbocycles. The zero-order chi connectivity index (χ0) is 48.8. The third-order valence-electron chi connectivity index (χ3n) is 11.7. The van der Waals surface area contributed by atoms with Gasteiger partial charge >= 0.3 is 5.97 Å². The fraction of sp³-hybridized carbons (Fsp3) is 0.574. The smallest absolute Gasteiger partial charge is 0.325 e. The molecule has 19 nitrogen and oxygen atoms in total. The molecule has 4 atom stereocenters. The Labute approximate surface area is 386 Å². The van der Waals surface area contributed by atoms with E-state index in [-0.39, 0.29) is 46.9 Å². The van der Waals surface area contributed by atoms with Gasteiger partial charge in [-0.25, -0.2) is 0 Å². The quantitative estimate of drug-likeness (QED) is 0.0650. The molecule has 9 N–H and O–H groups in total. The number of aliphatic hydroxyl groups excluding tert-OH is 1. The predicted octanol–water partition coefficient (Wildman–Crippen LogP) is 2.54. The number of phenols is 2. The maximum atomic E-state index is 13.8. The van der Waals surface area contributed by atoms with Gasteiger partial charge in [-0.2, -0.15) is 0 Å². The molecule has 66 heavy (non-hydrogen) atoms. The highest BCUT2D eigenvalue weighted by molar-refractivity contribution is 5.96. The number of hydrogen-bond acceptors (Lipinski definition) is 11. The summed E-state index contributed by atoms with van der Waals surface area (Å²) in [6.07, 6.45) is 15.1. The number of rotatable bonds is 25. The third kappa shape index (κ3) is 17.3. The molecular weight excluding hydrogens is 855 g/mol. The minimum Gasteiger partial charge on any atom is -0.507 e. The number of hydrogen-bond donors (Lipinski definition) is 9. The van der Waals surface area contributed by atoms with Crippen molar-refractivity contribution in [2.75, 3.05) is 40.3 Å². The summed E-state index contributed by atoms with van der Waals surface area (Å²) in [4.78, 5) is 106. The normalized spacial score (nSPS) is 15.8. The molecular formula is C47H69N7O12. The number of fused-ring (bicyclic) bond motifs is 5. The number of carboxylic acids is 1. The summed E-state index contributed by atoms with van der Waals surface area (Å²) in [6, 6.07) is 2.81. The minimum absolute atomic E-state index is 0.0456. The zero-order valence-corrected chi connectivity index (χ0v) is 38.7. The number of benzene rings is 2. The van der Waals surface area contributed by atoms with Crippen LogP contribution in [0, 0.1) is 0 Å². The maximum absolute atomic E-state index is 13.8. The number of aromatic hydroxyl groups is 2. The minimum atomic E-state index is -1.48. The van der Waals surface area contributed by atoms with Crippen LogP contribution in [0.25, 0.3) is 11.1 Å². The van der Waals surface area contributed by atoms with Crippen LogP contribution >= 0.6 is 0 Å². The van der Waals surface area contributed by atoms with Crippen molar-refractivity contribution < 1.29 is 58.8 Å². The van der Waals surface area contributed by atoms with E-state index in [9.17, 15) is 58.8 Å². The van der Waals surface area contributed by atoms with Gasteiger partial charge in [-0.1, -0.05) is 96.1 Å². The summed E-state index contributed by atoms with van der Waals surface area (Å²) in [5.74, 6) is -7.17. The lowest BCUT2D eigenvalue weighted by atomic mass is 9.94. The van der Waals surface area contributed by atoms with E-state index in [1.54, 1.807) is 0 Å². The van der Waals surface area contributed by atoms with E-state index in [1.165, 1.54) is 115 Å². The first-order valence-electron chi connectivity index (χ1n) is 22.9. The number of carboxylic acid groups (broad SMARTS) is 1. The number of phenolic OH excluding ortho intramolecular Hbond substituents is 2. The Morgan fingerprint density at radius 1 is 0.773 bits per heavy atom.